The van der Waals surface area contributed by atoms with Gasteiger partial charge in [-0.2, -0.15) is 0 Å². The average Bonchev–Trinajstić information content (AvgIpc) is 2.85. The van der Waals surface area contributed by atoms with Crippen molar-refractivity contribution in [3.8, 4) is 0 Å². The number of aryl methyl sites for hydroxylation is 1. The van der Waals surface area contributed by atoms with Crippen LogP contribution in [0.2, 0.25) is 5.02 Å². The first-order valence-electron chi connectivity index (χ1n) is 7.35. The van der Waals surface area contributed by atoms with E-state index in [1.54, 1.807) is 25.1 Å². The number of pyridine rings is 1. The Morgan fingerprint density at radius 1 is 1.32 bits per heavy atom. The molecule has 0 spiro atoms. The van der Waals surface area contributed by atoms with E-state index in [9.17, 15) is 19.5 Å². The summed E-state index contributed by atoms with van der Waals surface area (Å²) in [4.78, 5) is 41.3. The normalized spacial score (nSPS) is 17.2. The molecule has 1 fully saturated rings. The third-order valence-electron chi connectivity index (χ3n) is 3.76. The van der Waals surface area contributed by atoms with Crippen molar-refractivity contribution < 1.29 is 19.5 Å². The van der Waals surface area contributed by atoms with Crippen molar-refractivity contribution >= 4 is 46.8 Å². The minimum Gasteiger partial charge on any atom is -0.545 e. The smallest absolute Gasteiger partial charge is 0.247 e. The highest BCUT2D eigenvalue weighted by molar-refractivity contribution is 8.00. The van der Waals surface area contributed by atoms with Gasteiger partial charge in [0, 0.05) is 18.2 Å². The van der Waals surface area contributed by atoms with Crippen LogP contribution >= 0.6 is 23.4 Å². The predicted molar refractivity (Wildman–Crippen MR) is 91.5 cm³/mol. The Kier molecular flexibility index (Phi) is 4.78. The number of benzene rings is 1. The highest BCUT2D eigenvalue weighted by Crippen LogP contribution is 2.37. The van der Waals surface area contributed by atoms with Gasteiger partial charge in [0.15, 0.2) is 0 Å². The molecule has 1 saturated heterocycles. The zero-order valence-electron chi connectivity index (χ0n) is 13.1. The lowest BCUT2D eigenvalue weighted by atomic mass is 10.2. The van der Waals surface area contributed by atoms with Crippen LogP contribution < -0.4 is 10.0 Å². The number of hydrogen-bond acceptors (Lipinski definition) is 6. The highest BCUT2D eigenvalue weighted by atomic mass is 35.5. The van der Waals surface area contributed by atoms with E-state index < -0.39 is 17.1 Å². The Labute approximate surface area is 152 Å². The molecule has 1 aliphatic rings. The second-order valence-electron chi connectivity index (χ2n) is 5.43. The summed E-state index contributed by atoms with van der Waals surface area (Å²) in [5, 5.41) is 10.9. The lowest BCUT2D eigenvalue weighted by Crippen LogP contribution is -2.31. The van der Waals surface area contributed by atoms with Crippen LogP contribution in [0, 0.1) is 6.92 Å². The lowest BCUT2D eigenvalue weighted by molar-refractivity contribution is -0.255. The first-order chi connectivity index (χ1) is 11.9. The van der Waals surface area contributed by atoms with Crippen molar-refractivity contribution in [2.75, 3.05) is 4.90 Å². The van der Waals surface area contributed by atoms with Gasteiger partial charge in [0.1, 0.15) is 5.03 Å². The number of carboxylic acids is 1. The second kappa shape index (κ2) is 6.85. The molecule has 0 aliphatic carbocycles. The van der Waals surface area contributed by atoms with Crippen LogP contribution in [0.4, 0.5) is 5.69 Å². The van der Waals surface area contributed by atoms with Crippen molar-refractivity contribution in [1.82, 2.24) is 4.98 Å². The van der Waals surface area contributed by atoms with Crippen LogP contribution in [0.3, 0.4) is 0 Å². The Morgan fingerprint density at radius 3 is 2.80 bits per heavy atom. The van der Waals surface area contributed by atoms with E-state index in [2.05, 4.69) is 4.98 Å². The van der Waals surface area contributed by atoms with Gasteiger partial charge in [-0.15, -0.1) is 0 Å². The molecule has 8 heteroatoms. The molecule has 0 N–H and O–H groups in total. The van der Waals surface area contributed by atoms with E-state index in [0.29, 0.717) is 10.7 Å². The molecule has 1 aliphatic heterocycles. The van der Waals surface area contributed by atoms with E-state index in [1.165, 1.54) is 18.3 Å². The minimum atomic E-state index is -1.38. The number of rotatable bonds is 4. The largest absolute Gasteiger partial charge is 0.545 e. The second-order valence-corrected chi connectivity index (χ2v) is 7.00. The molecule has 2 aromatic rings. The minimum absolute atomic E-state index is 0.0587. The summed E-state index contributed by atoms with van der Waals surface area (Å²) in [5.74, 6) is -2.22. The highest BCUT2D eigenvalue weighted by Gasteiger charge is 2.41. The standard InChI is InChI=1S/C17H13ClN2O4S/c1-9-4-2-6-11(14(9)18)20-13(21)8-12(16(20)22)25-15-10(17(23)24)5-3-7-19-15/h2-7,12H,8H2,1H3,(H,23,24)/p-1/t12-/m1/s1. The lowest BCUT2D eigenvalue weighted by Gasteiger charge is -2.17. The molecule has 0 unspecified atom stereocenters. The molecular formula is C17H12ClN2O4S-. The fraction of sp³-hybridized carbons (Fsp3) is 0.176. The van der Waals surface area contributed by atoms with E-state index >= 15 is 0 Å². The summed E-state index contributed by atoms with van der Waals surface area (Å²) in [6.45, 7) is 1.78. The number of amides is 2. The molecule has 2 amide bonds. The third-order valence-corrected chi connectivity index (χ3v) is 5.46. The van der Waals surface area contributed by atoms with E-state index in [1.807, 2.05) is 0 Å². The number of carbonyl (C=O) groups is 3. The van der Waals surface area contributed by atoms with Gasteiger partial charge in [0.05, 0.1) is 21.9 Å². The van der Waals surface area contributed by atoms with Gasteiger partial charge >= 0.3 is 0 Å². The number of nitrogens with zero attached hydrogens (tertiary/aromatic N) is 2. The maximum atomic E-state index is 12.7. The molecule has 0 radical (unpaired) electrons. The first-order valence-corrected chi connectivity index (χ1v) is 8.61. The Bertz CT molecular complexity index is 887. The Morgan fingerprint density at radius 2 is 2.08 bits per heavy atom. The number of carbonyl (C=O) groups excluding carboxylic acids is 3. The average molecular weight is 376 g/mol. The molecule has 2 heterocycles. The number of carboxylic acid groups (broad SMARTS) is 1. The monoisotopic (exact) mass is 375 g/mol. The Balaban J connectivity index is 1.90. The summed E-state index contributed by atoms with van der Waals surface area (Å²) in [5.41, 5.74) is 0.973. The fourth-order valence-electron chi connectivity index (χ4n) is 2.53. The zero-order chi connectivity index (χ0) is 18.1. The van der Waals surface area contributed by atoms with Gasteiger partial charge in [0.25, 0.3) is 0 Å². The Hall–Kier alpha value is -2.38. The van der Waals surface area contributed by atoms with E-state index in [-0.39, 0.29) is 22.9 Å². The quantitative estimate of drug-likeness (QED) is 0.757. The number of aromatic nitrogens is 1. The molecule has 6 nitrogen and oxygen atoms in total. The fourth-order valence-corrected chi connectivity index (χ4v) is 3.84. The van der Waals surface area contributed by atoms with Crippen molar-refractivity contribution in [3.05, 3.63) is 52.7 Å². The van der Waals surface area contributed by atoms with Gasteiger partial charge in [-0.05, 0) is 30.7 Å². The number of thioether (sulfide) groups is 1. The number of aromatic carboxylic acids is 1. The number of imide groups is 1. The third kappa shape index (κ3) is 3.25. The molecule has 1 atom stereocenters. The number of anilines is 1. The van der Waals surface area contributed by atoms with Crippen LogP contribution in [-0.4, -0.2) is 28.0 Å². The van der Waals surface area contributed by atoms with Gasteiger partial charge in [-0.1, -0.05) is 35.5 Å². The van der Waals surface area contributed by atoms with Gasteiger partial charge in [-0.25, -0.2) is 9.88 Å². The van der Waals surface area contributed by atoms with Crippen LogP contribution in [0.15, 0.2) is 41.6 Å². The zero-order valence-corrected chi connectivity index (χ0v) is 14.6. The molecular weight excluding hydrogens is 364 g/mol. The first kappa shape index (κ1) is 17.4. The van der Waals surface area contributed by atoms with Crippen LogP contribution in [0.1, 0.15) is 22.3 Å². The molecule has 1 aromatic carbocycles. The van der Waals surface area contributed by atoms with Gasteiger partial charge in [-0.3, -0.25) is 9.59 Å². The van der Waals surface area contributed by atoms with Crippen LogP contribution in [0.5, 0.6) is 0 Å². The summed E-state index contributed by atoms with van der Waals surface area (Å²) in [6.07, 6.45) is 1.36. The predicted octanol–water partition coefficient (Wildman–Crippen LogP) is 1.83. The molecule has 128 valence electrons. The maximum absolute atomic E-state index is 12.7. The van der Waals surface area contributed by atoms with Crippen molar-refractivity contribution in [2.45, 2.75) is 23.6 Å². The SMILES string of the molecule is Cc1cccc(N2C(=O)C[C@@H](Sc3ncccc3C(=O)[O-])C2=O)c1Cl. The van der Waals surface area contributed by atoms with Crippen molar-refractivity contribution in [1.29, 1.82) is 0 Å². The van der Waals surface area contributed by atoms with Crippen LogP contribution in [-0.2, 0) is 9.59 Å². The van der Waals surface area contributed by atoms with E-state index in [0.717, 1.165) is 22.2 Å². The van der Waals surface area contributed by atoms with Gasteiger partial charge in [0.2, 0.25) is 11.8 Å². The summed E-state index contributed by atoms with van der Waals surface area (Å²) in [6, 6.07) is 7.91. The number of hydrogen-bond donors (Lipinski definition) is 0. The summed E-state index contributed by atoms with van der Waals surface area (Å²) in [7, 11) is 0. The van der Waals surface area contributed by atoms with Crippen molar-refractivity contribution in [3.63, 3.8) is 0 Å². The van der Waals surface area contributed by atoms with Crippen LogP contribution in [0.25, 0.3) is 0 Å². The summed E-state index contributed by atoms with van der Waals surface area (Å²) >= 11 is 7.17. The summed E-state index contributed by atoms with van der Waals surface area (Å²) < 4.78 is 0. The molecule has 0 saturated carbocycles. The molecule has 3 rings (SSSR count). The topological polar surface area (TPSA) is 90.4 Å². The van der Waals surface area contributed by atoms with E-state index in [4.69, 9.17) is 11.6 Å². The molecule has 1 aromatic heterocycles. The van der Waals surface area contributed by atoms with Gasteiger partial charge < -0.3 is 9.90 Å². The molecule has 0 bridgehead atoms. The number of halogens is 1. The van der Waals surface area contributed by atoms with Crippen molar-refractivity contribution in [2.24, 2.45) is 0 Å². The maximum Gasteiger partial charge on any atom is 0.247 e. The molecule has 25 heavy (non-hydrogen) atoms.